The summed E-state index contributed by atoms with van der Waals surface area (Å²) in [5.74, 6) is 0.714. The number of rotatable bonds is 4. The van der Waals surface area contributed by atoms with E-state index in [0.29, 0.717) is 37.6 Å². The van der Waals surface area contributed by atoms with Crippen molar-refractivity contribution in [2.45, 2.75) is 13.3 Å². The maximum Gasteiger partial charge on any atom is 0.287 e. The van der Waals surface area contributed by atoms with E-state index in [2.05, 4.69) is 9.97 Å². The number of piperazine rings is 1. The number of nitrogens with zero attached hydrogens (tertiary/aromatic N) is 5. The van der Waals surface area contributed by atoms with Gasteiger partial charge in [-0.2, -0.15) is 0 Å². The van der Waals surface area contributed by atoms with Crippen LogP contribution in [0.15, 0.2) is 36.8 Å². The maximum atomic E-state index is 12.7. The summed E-state index contributed by atoms with van der Waals surface area (Å²) in [6.45, 7) is 4.46. The smallest absolute Gasteiger partial charge is 0.287 e. The predicted molar refractivity (Wildman–Crippen MR) is 92.6 cm³/mol. The standard InChI is InChI=1S/C17H19N5O3/c1-2-13-11-18-6-5-15(13)17(23)21-9-7-20(8-10-21)16-4-3-14(12-19-16)22(24)25/h3-6,11-12H,2,7-10H2,1H3. The van der Waals surface area contributed by atoms with Gasteiger partial charge in [0.05, 0.1) is 4.92 Å². The lowest BCUT2D eigenvalue weighted by Crippen LogP contribution is -2.49. The molecule has 0 aromatic carbocycles. The first kappa shape index (κ1) is 16.8. The molecule has 8 heteroatoms. The van der Waals surface area contributed by atoms with Crippen LogP contribution in [-0.4, -0.2) is 51.9 Å². The molecule has 0 unspecified atom stereocenters. The van der Waals surface area contributed by atoms with Crippen molar-refractivity contribution in [1.29, 1.82) is 0 Å². The third kappa shape index (κ3) is 3.57. The summed E-state index contributed by atoms with van der Waals surface area (Å²) >= 11 is 0. The third-order valence-electron chi connectivity index (χ3n) is 4.35. The van der Waals surface area contributed by atoms with E-state index in [4.69, 9.17) is 0 Å². The number of anilines is 1. The summed E-state index contributed by atoms with van der Waals surface area (Å²) in [6.07, 6.45) is 5.41. The molecular weight excluding hydrogens is 322 g/mol. The number of carbonyl (C=O) groups excluding carboxylic acids is 1. The number of hydrogen-bond acceptors (Lipinski definition) is 6. The molecule has 0 spiro atoms. The van der Waals surface area contributed by atoms with Crippen molar-refractivity contribution >= 4 is 17.4 Å². The molecule has 0 saturated carbocycles. The zero-order chi connectivity index (χ0) is 17.8. The molecule has 0 radical (unpaired) electrons. The Morgan fingerprint density at radius 2 is 1.96 bits per heavy atom. The first-order chi connectivity index (χ1) is 12.1. The van der Waals surface area contributed by atoms with Crippen molar-refractivity contribution in [3.8, 4) is 0 Å². The van der Waals surface area contributed by atoms with Crippen LogP contribution in [0.5, 0.6) is 0 Å². The summed E-state index contributed by atoms with van der Waals surface area (Å²) in [7, 11) is 0. The van der Waals surface area contributed by atoms with E-state index >= 15 is 0 Å². The molecule has 3 heterocycles. The summed E-state index contributed by atoms with van der Waals surface area (Å²) in [5.41, 5.74) is 1.63. The molecule has 2 aromatic heterocycles. The molecule has 1 amide bonds. The molecule has 25 heavy (non-hydrogen) atoms. The first-order valence-corrected chi connectivity index (χ1v) is 8.17. The lowest BCUT2D eigenvalue weighted by molar-refractivity contribution is -0.385. The van der Waals surface area contributed by atoms with Gasteiger partial charge in [-0.25, -0.2) is 4.98 Å². The molecule has 8 nitrogen and oxygen atoms in total. The molecule has 3 rings (SSSR count). The average molecular weight is 341 g/mol. The molecule has 0 aliphatic carbocycles. The first-order valence-electron chi connectivity index (χ1n) is 8.17. The van der Waals surface area contributed by atoms with Crippen molar-refractivity contribution in [2.75, 3.05) is 31.1 Å². The summed E-state index contributed by atoms with van der Waals surface area (Å²) < 4.78 is 0. The van der Waals surface area contributed by atoms with Crippen molar-refractivity contribution in [3.05, 3.63) is 58.0 Å². The van der Waals surface area contributed by atoms with E-state index in [-0.39, 0.29) is 11.6 Å². The molecule has 1 fully saturated rings. The topological polar surface area (TPSA) is 92.5 Å². The molecule has 130 valence electrons. The van der Waals surface area contributed by atoms with E-state index in [1.807, 2.05) is 16.7 Å². The van der Waals surface area contributed by atoms with E-state index < -0.39 is 4.92 Å². The van der Waals surface area contributed by atoms with E-state index in [1.165, 1.54) is 12.3 Å². The minimum absolute atomic E-state index is 0.0237. The van der Waals surface area contributed by atoms with Crippen LogP contribution >= 0.6 is 0 Å². The summed E-state index contributed by atoms with van der Waals surface area (Å²) in [4.78, 5) is 35.1. The predicted octanol–water partition coefficient (Wildman–Crippen LogP) is 1.91. The third-order valence-corrected chi connectivity index (χ3v) is 4.35. The van der Waals surface area contributed by atoms with Crippen LogP contribution in [0.3, 0.4) is 0 Å². The molecule has 1 saturated heterocycles. The Kier molecular flexibility index (Phi) is 4.87. The molecule has 0 bridgehead atoms. The van der Waals surface area contributed by atoms with Gasteiger partial charge in [0.25, 0.3) is 11.6 Å². The number of pyridine rings is 2. The Labute approximate surface area is 145 Å². The Hall–Kier alpha value is -3.03. The molecule has 0 atom stereocenters. The number of amides is 1. The summed E-state index contributed by atoms with van der Waals surface area (Å²) in [6, 6.07) is 4.86. The highest BCUT2D eigenvalue weighted by atomic mass is 16.6. The lowest BCUT2D eigenvalue weighted by atomic mass is 10.1. The largest absolute Gasteiger partial charge is 0.353 e. The van der Waals surface area contributed by atoms with Gasteiger partial charge in [-0.1, -0.05) is 6.92 Å². The van der Waals surface area contributed by atoms with E-state index in [9.17, 15) is 14.9 Å². The zero-order valence-corrected chi connectivity index (χ0v) is 14.0. The number of aryl methyl sites for hydroxylation is 1. The van der Waals surface area contributed by atoms with Crippen molar-refractivity contribution in [1.82, 2.24) is 14.9 Å². The maximum absolute atomic E-state index is 12.7. The van der Waals surface area contributed by atoms with Gasteiger partial charge in [-0.05, 0) is 24.1 Å². The Bertz CT molecular complexity index is 770. The van der Waals surface area contributed by atoms with Crippen LogP contribution < -0.4 is 4.90 Å². The highest BCUT2D eigenvalue weighted by Crippen LogP contribution is 2.19. The molecule has 2 aromatic rings. The Morgan fingerprint density at radius 1 is 1.20 bits per heavy atom. The van der Waals surface area contributed by atoms with Gasteiger partial charge >= 0.3 is 0 Å². The molecule has 0 N–H and O–H groups in total. The van der Waals surface area contributed by atoms with Crippen LogP contribution in [-0.2, 0) is 6.42 Å². The molecule has 1 aliphatic rings. The normalized spacial score (nSPS) is 14.4. The van der Waals surface area contributed by atoms with Gasteiger partial charge in [0.15, 0.2) is 0 Å². The number of aromatic nitrogens is 2. The number of carbonyl (C=O) groups is 1. The lowest BCUT2D eigenvalue weighted by Gasteiger charge is -2.35. The fourth-order valence-electron chi connectivity index (χ4n) is 2.90. The van der Waals surface area contributed by atoms with Crippen LogP contribution in [0.25, 0.3) is 0 Å². The van der Waals surface area contributed by atoms with Crippen molar-refractivity contribution in [3.63, 3.8) is 0 Å². The molecular formula is C17H19N5O3. The minimum atomic E-state index is -0.465. The van der Waals surface area contributed by atoms with E-state index in [1.54, 1.807) is 24.5 Å². The summed E-state index contributed by atoms with van der Waals surface area (Å²) in [5, 5.41) is 10.7. The quantitative estimate of drug-likeness (QED) is 0.623. The fraction of sp³-hybridized carbons (Fsp3) is 0.353. The van der Waals surface area contributed by atoms with Gasteiger partial charge in [-0.3, -0.25) is 19.9 Å². The Morgan fingerprint density at radius 3 is 2.56 bits per heavy atom. The van der Waals surface area contributed by atoms with Gasteiger partial charge in [0.2, 0.25) is 0 Å². The van der Waals surface area contributed by atoms with Crippen molar-refractivity contribution < 1.29 is 9.72 Å². The van der Waals surface area contributed by atoms with Crippen LogP contribution in [0, 0.1) is 10.1 Å². The highest BCUT2D eigenvalue weighted by molar-refractivity contribution is 5.95. The van der Waals surface area contributed by atoms with Crippen LogP contribution in [0.2, 0.25) is 0 Å². The van der Waals surface area contributed by atoms with Gasteiger partial charge in [0, 0.05) is 50.2 Å². The minimum Gasteiger partial charge on any atom is -0.353 e. The number of hydrogen-bond donors (Lipinski definition) is 0. The second-order valence-corrected chi connectivity index (χ2v) is 5.80. The number of nitro groups is 1. The van der Waals surface area contributed by atoms with Crippen LogP contribution in [0.1, 0.15) is 22.8 Å². The van der Waals surface area contributed by atoms with Gasteiger partial charge in [-0.15, -0.1) is 0 Å². The second kappa shape index (κ2) is 7.25. The van der Waals surface area contributed by atoms with E-state index in [0.717, 1.165) is 12.0 Å². The average Bonchev–Trinajstić information content (AvgIpc) is 2.67. The monoisotopic (exact) mass is 341 g/mol. The van der Waals surface area contributed by atoms with Gasteiger partial charge in [0.1, 0.15) is 12.0 Å². The van der Waals surface area contributed by atoms with Gasteiger partial charge < -0.3 is 9.80 Å². The fourth-order valence-corrected chi connectivity index (χ4v) is 2.90. The second-order valence-electron chi connectivity index (χ2n) is 5.80. The van der Waals surface area contributed by atoms with Crippen molar-refractivity contribution in [2.24, 2.45) is 0 Å². The van der Waals surface area contributed by atoms with Crippen LogP contribution in [0.4, 0.5) is 11.5 Å². The molecule has 1 aliphatic heterocycles. The Balaban J connectivity index is 1.65. The SMILES string of the molecule is CCc1cnccc1C(=O)N1CCN(c2ccc([N+](=O)[O-])cn2)CC1. The highest BCUT2D eigenvalue weighted by Gasteiger charge is 2.24. The zero-order valence-electron chi connectivity index (χ0n) is 14.0.